The van der Waals surface area contributed by atoms with Crippen LogP contribution in [0.2, 0.25) is 0 Å². The maximum atomic E-state index is 6.28. The lowest BCUT2D eigenvalue weighted by molar-refractivity contribution is 0.0493. The number of hydrogen-bond acceptors (Lipinski definition) is 2. The Kier molecular flexibility index (Phi) is 6.43. The number of allylic oxidation sites excluding steroid dienone is 9. The number of ether oxygens (including phenoxy) is 2. The van der Waals surface area contributed by atoms with Gasteiger partial charge in [-0.15, -0.1) is 0 Å². The number of benzene rings is 2. The molecule has 2 aromatic carbocycles. The topological polar surface area (TPSA) is 18.5 Å². The van der Waals surface area contributed by atoms with E-state index in [-0.39, 0.29) is 23.5 Å². The Morgan fingerprint density at radius 1 is 1.08 bits per heavy atom. The van der Waals surface area contributed by atoms with Crippen LogP contribution in [0.25, 0.3) is 0 Å². The lowest BCUT2D eigenvalue weighted by Crippen LogP contribution is -2.49. The zero-order valence-electron chi connectivity index (χ0n) is 22.3. The van der Waals surface area contributed by atoms with Crippen molar-refractivity contribution < 1.29 is 9.47 Å². The minimum absolute atomic E-state index is 0.0169. The van der Waals surface area contributed by atoms with Crippen LogP contribution in [0.5, 0.6) is 5.75 Å². The fourth-order valence-corrected chi connectivity index (χ4v) is 6.68. The van der Waals surface area contributed by atoms with Crippen molar-refractivity contribution in [3.8, 4) is 5.75 Å². The van der Waals surface area contributed by atoms with E-state index < -0.39 is 0 Å². The van der Waals surface area contributed by atoms with E-state index in [1.54, 1.807) is 7.11 Å². The zero-order valence-corrected chi connectivity index (χ0v) is 22.3. The highest BCUT2D eigenvalue weighted by Crippen LogP contribution is 2.72. The van der Waals surface area contributed by atoms with E-state index >= 15 is 0 Å². The molecule has 2 nitrogen and oxygen atoms in total. The van der Waals surface area contributed by atoms with Gasteiger partial charge < -0.3 is 9.47 Å². The highest BCUT2D eigenvalue weighted by Gasteiger charge is 2.65. The molecule has 1 saturated carbocycles. The van der Waals surface area contributed by atoms with Crippen LogP contribution in [0.3, 0.4) is 0 Å². The minimum Gasteiger partial charge on any atom is -0.467 e. The zero-order chi connectivity index (χ0) is 25.5. The van der Waals surface area contributed by atoms with Gasteiger partial charge in [0.15, 0.2) is 6.79 Å². The Morgan fingerprint density at radius 3 is 2.58 bits per heavy atom. The van der Waals surface area contributed by atoms with E-state index in [4.69, 9.17) is 9.47 Å². The monoisotopic (exact) mass is 478 g/mol. The summed E-state index contributed by atoms with van der Waals surface area (Å²) in [6.07, 6.45) is 16.7. The molecule has 0 aromatic heterocycles. The predicted molar refractivity (Wildman–Crippen MR) is 150 cm³/mol. The van der Waals surface area contributed by atoms with E-state index in [0.29, 0.717) is 11.8 Å². The molecule has 4 unspecified atom stereocenters. The predicted octanol–water partition coefficient (Wildman–Crippen LogP) is 8.17. The van der Waals surface area contributed by atoms with Gasteiger partial charge in [-0.1, -0.05) is 106 Å². The van der Waals surface area contributed by atoms with Crippen molar-refractivity contribution in [2.75, 3.05) is 13.9 Å². The normalized spacial score (nSPS) is 27.9. The summed E-state index contributed by atoms with van der Waals surface area (Å²) in [6, 6.07) is 15.8. The average molecular weight is 479 g/mol. The van der Waals surface area contributed by atoms with Crippen molar-refractivity contribution in [3.63, 3.8) is 0 Å². The Morgan fingerprint density at radius 2 is 1.89 bits per heavy atom. The molecule has 186 valence electrons. The van der Waals surface area contributed by atoms with Crippen molar-refractivity contribution in [1.82, 2.24) is 0 Å². The smallest absolute Gasteiger partial charge is 0.188 e. The van der Waals surface area contributed by atoms with Crippen LogP contribution in [0.15, 0.2) is 103 Å². The number of fused-ring (bicyclic) bond motifs is 3. The summed E-state index contributed by atoms with van der Waals surface area (Å²) < 4.78 is 11.6. The highest BCUT2D eigenvalue weighted by molar-refractivity contribution is 5.75. The first-order chi connectivity index (χ1) is 17.4. The molecular formula is C34H38O2. The third kappa shape index (κ3) is 3.66. The van der Waals surface area contributed by atoms with E-state index in [9.17, 15) is 0 Å². The first-order valence-corrected chi connectivity index (χ1v) is 13.1. The molecule has 0 saturated heterocycles. The Hall–Kier alpha value is -3.10. The van der Waals surface area contributed by atoms with Gasteiger partial charge in [-0.25, -0.2) is 0 Å². The van der Waals surface area contributed by atoms with Gasteiger partial charge in [0.05, 0.1) is 5.41 Å². The first-order valence-electron chi connectivity index (χ1n) is 13.1. The second-order valence-corrected chi connectivity index (χ2v) is 11.3. The van der Waals surface area contributed by atoms with Crippen molar-refractivity contribution in [1.29, 1.82) is 0 Å². The highest BCUT2D eigenvalue weighted by atomic mass is 16.7. The van der Waals surface area contributed by atoms with E-state index in [1.807, 2.05) is 0 Å². The Balaban J connectivity index is 1.82. The minimum atomic E-state index is -0.308. The number of rotatable bonds is 6. The van der Waals surface area contributed by atoms with Crippen LogP contribution >= 0.6 is 0 Å². The largest absolute Gasteiger partial charge is 0.467 e. The van der Waals surface area contributed by atoms with Gasteiger partial charge in [0.1, 0.15) is 5.75 Å². The molecule has 0 amide bonds. The van der Waals surface area contributed by atoms with Crippen molar-refractivity contribution in [2.45, 2.75) is 50.9 Å². The van der Waals surface area contributed by atoms with Crippen LogP contribution in [0, 0.1) is 11.8 Å². The van der Waals surface area contributed by atoms with Crippen molar-refractivity contribution in [3.05, 3.63) is 125 Å². The maximum absolute atomic E-state index is 6.28. The summed E-state index contributed by atoms with van der Waals surface area (Å²) in [4.78, 5) is 0. The molecule has 2 aromatic rings. The molecule has 36 heavy (non-hydrogen) atoms. The summed E-state index contributed by atoms with van der Waals surface area (Å²) >= 11 is 0. The second-order valence-electron chi connectivity index (χ2n) is 11.3. The molecule has 0 aliphatic heterocycles. The lowest BCUT2D eigenvalue weighted by Gasteiger charge is -2.54. The molecule has 2 heteroatoms. The quantitative estimate of drug-likeness (QED) is 0.390. The molecule has 0 heterocycles. The summed E-state index contributed by atoms with van der Waals surface area (Å²) in [6.45, 7) is 13.8. The summed E-state index contributed by atoms with van der Waals surface area (Å²) in [5.41, 5.74) is 7.61. The van der Waals surface area contributed by atoms with E-state index in [0.717, 1.165) is 12.2 Å². The third-order valence-electron chi connectivity index (χ3n) is 8.25. The fraction of sp³-hybridized carbons (Fsp3) is 0.353. The Bertz CT molecular complexity index is 1280. The Labute approximate surface area is 216 Å². The van der Waals surface area contributed by atoms with Gasteiger partial charge in [-0.05, 0) is 64.5 Å². The van der Waals surface area contributed by atoms with Crippen molar-refractivity contribution in [2.24, 2.45) is 11.8 Å². The molecule has 3 aliphatic carbocycles. The van der Waals surface area contributed by atoms with E-state index in [2.05, 4.69) is 119 Å². The van der Waals surface area contributed by atoms with Crippen LogP contribution in [-0.4, -0.2) is 13.9 Å². The van der Waals surface area contributed by atoms with Gasteiger partial charge in [-0.2, -0.15) is 0 Å². The van der Waals surface area contributed by atoms with Crippen molar-refractivity contribution >= 4 is 0 Å². The van der Waals surface area contributed by atoms with Gasteiger partial charge >= 0.3 is 0 Å². The fourth-order valence-electron chi connectivity index (χ4n) is 6.68. The number of hydrogen-bond donors (Lipinski definition) is 0. The van der Waals surface area contributed by atoms with Crippen LogP contribution < -0.4 is 4.74 Å². The molecule has 3 aliphatic rings. The van der Waals surface area contributed by atoms with Gasteiger partial charge in [0, 0.05) is 18.6 Å². The van der Waals surface area contributed by atoms with Crippen LogP contribution in [-0.2, 0) is 15.6 Å². The lowest BCUT2D eigenvalue weighted by atomic mass is 9.48. The molecule has 5 rings (SSSR count). The van der Waals surface area contributed by atoms with Gasteiger partial charge in [-0.3, -0.25) is 0 Å². The molecular weight excluding hydrogens is 440 g/mol. The molecule has 0 spiro atoms. The molecule has 0 N–H and O–H groups in total. The molecule has 0 radical (unpaired) electrons. The summed E-state index contributed by atoms with van der Waals surface area (Å²) in [5.74, 6) is 1.97. The van der Waals surface area contributed by atoms with Gasteiger partial charge in [0.2, 0.25) is 0 Å². The van der Waals surface area contributed by atoms with Crippen LogP contribution in [0.4, 0.5) is 0 Å². The first kappa shape index (κ1) is 24.6. The van der Waals surface area contributed by atoms with Gasteiger partial charge in [0.25, 0.3) is 0 Å². The van der Waals surface area contributed by atoms with E-state index in [1.165, 1.54) is 33.4 Å². The standard InChI is InChI=1S/C34H38O2/c1-7-8-17-27-23(2)32-31(24-14-10-9-11-15-24)26-16-12-13-18-28(26)34(27,32)29-21-25(33(3,4)5)19-20-30(29)36-22-35-6/h7-14,16-21,24,31-32H,2,15,22H2,1,3-6H3/b8-7-,27-17+. The second kappa shape index (κ2) is 9.41. The molecule has 1 fully saturated rings. The SMILES string of the molecule is C=C1/C(=C\C=C/C)C2(c3cc(C(C)(C)C)ccc3OCOC)c3ccccc3C(C3C=CC=CC3)C12. The summed E-state index contributed by atoms with van der Waals surface area (Å²) in [7, 11) is 1.68. The third-order valence-corrected chi connectivity index (χ3v) is 8.25. The van der Waals surface area contributed by atoms with Crippen LogP contribution in [0.1, 0.15) is 62.3 Å². The molecule has 0 bridgehead atoms. The maximum Gasteiger partial charge on any atom is 0.188 e. The average Bonchev–Trinajstić information content (AvgIpc) is 3.15. The number of methoxy groups -OCH3 is 1. The summed E-state index contributed by atoms with van der Waals surface area (Å²) in [5, 5.41) is 0. The molecule has 4 atom stereocenters.